The molecule has 1 fully saturated rings. The van der Waals surface area contributed by atoms with Gasteiger partial charge >= 0.3 is 5.97 Å². The molecule has 20 heavy (non-hydrogen) atoms. The van der Waals surface area contributed by atoms with Gasteiger partial charge in [-0.3, -0.25) is 0 Å². The van der Waals surface area contributed by atoms with Crippen molar-refractivity contribution >= 4 is 17.6 Å². The molecule has 0 radical (unpaired) electrons. The highest BCUT2D eigenvalue weighted by atomic mass is 35.5. The summed E-state index contributed by atoms with van der Waals surface area (Å²) in [6.07, 6.45) is -0.547. The Hall–Kier alpha value is -1.69. The van der Waals surface area contributed by atoms with E-state index in [1.165, 1.54) is 0 Å². The second-order valence-electron chi connectivity index (χ2n) is 4.31. The fourth-order valence-electron chi connectivity index (χ4n) is 2.05. The van der Waals surface area contributed by atoms with Gasteiger partial charge in [0.15, 0.2) is 0 Å². The molecule has 0 bridgehead atoms. The Kier molecular flexibility index (Phi) is 4.54. The Morgan fingerprint density at radius 2 is 2.45 bits per heavy atom. The number of hydrogen-bond acceptors (Lipinski definition) is 5. The van der Waals surface area contributed by atoms with Crippen molar-refractivity contribution in [3.63, 3.8) is 0 Å². The summed E-state index contributed by atoms with van der Waals surface area (Å²) in [5.41, 5.74) is 8.79. The van der Waals surface area contributed by atoms with E-state index < -0.39 is 23.5 Å². The van der Waals surface area contributed by atoms with E-state index in [-0.39, 0.29) is 13.2 Å². The van der Waals surface area contributed by atoms with E-state index in [4.69, 9.17) is 31.0 Å². The number of carbonyl (C=O) groups excluding carboxylic acids is 1. The van der Waals surface area contributed by atoms with Crippen LogP contribution in [-0.2, 0) is 9.47 Å². The highest BCUT2D eigenvalue weighted by Crippen LogP contribution is 2.36. The van der Waals surface area contributed by atoms with Gasteiger partial charge < -0.3 is 13.9 Å². The largest absolute Gasteiger partial charge is 0.463 e. The van der Waals surface area contributed by atoms with E-state index in [1.807, 2.05) is 0 Å². The number of aryl methyl sites for hydroxylation is 1. The maximum Gasteiger partial charge on any atom is 0.341 e. The number of rotatable bonds is 4. The highest BCUT2D eigenvalue weighted by Gasteiger charge is 2.39. The fourth-order valence-corrected chi connectivity index (χ4v) is 2.37. The van der Waals surface area contributed by atoms with E-state index in [0.717, 1.165) is 0 Å². The normalized spacial score (nSPS) is 25.2. The number of nitrogens with zero attached hydrogens (tertiary/aromatic N) is 3. The standard InChI is InChI=1S/C12H14ClN3O4/c1-3-18-12(17)7-4-9(20-6(7)2)11-10(13)8(5-19-11)15-16-14/h4,8,10-11H,3,5H2,1-2H3/t8?,10-,11+/m0/s1. The second-order valence-corrected chi connectivity index (χ2v) is 4.81. The van der Waals surface area contributed by atoms with E-state index in [2.05, 4.69) is 10.0 Å². The van der Waals surface area contributed by atoms with Crippen molar-refractivity contribution < 1.29 is 18.7 Å². The van der Waals surface area contributed by atoms with Gasteiger partial charge in [-0.2, -0.15) is 0 Å². The van der Waals surface area contributed by atoms with Gasteiger partial charge in [-0.05, 0) is 25.4 Å². The molecule has 1 saturated heterocycles. The number of azide groups is 1. The Morgan fingerprint density at radius 3 is 3.10 bits per heavy atom. The summed E-state index contributed by atoms with van der Waals surface area (Å²) < 4.78 is 15.9. The first-order valence-corrected chi connectivity index (χ1v) is 6.59. The minimum atomic E-state index is -0.547. The van der Waals surface area contributed by atoms with Gasteiger partial charge in [0.2, 0.25) is 0 Å². The molecular formula is C12H14ClN3O4. The van der Waals surface area contributed by atoms with Gasteiger partial charge in [0.05, 0.1) is 24.6 Å². The molecule has 1 aromatic heterocycles. The molecule has 3 atom stereocenters. The minimum Gasteiger partial charge on any atom is -0.463 e. The van der Waals surface area contributed by atoms with E-state index in [0.29, 0.717) is 17.1 Å². The second kappa shape index (κ2) is 6.17. The summed E-state index contributed by atoms with van der Waals surface area (Å²) >= 11 is 6.19. The third kappa shape index (κ3) is 2.75. The first-order valence-electron chi connectivity index (χ1n) is 6.15. The third-order valence-electron chi connectivity index (χ3n) is 3.02. The predicted octanol–water partition coefficient (Wildman–Crippen LogP) is 3.12. The van der Waals surface area contributed by atoms with Gasteiger partial charge in [0, 0.05) is 4.91 Å². The summed E-state index contributed by atoms with van der Waals surface area (Å²) in [5, 5.41) is 3.03. The predicted molar refractivity (Wildman–Crippen MR) is 70.7 cm³/mol. The van der Waals surface area contributed by atoms with Crippen LogP contribution in [0.2, 0.25) is 0 Å². The van der Waals surface area contributed by atoms with Crippen LogP contribution in [-0.4, -0.2) is 30.6 Å². The van der Waals surface area contributed by atoms with Crippen LogP contribution in [0.1, 0.15) is 34.9 Å². The van der Waals surface area contributed by atoms with E-state index in [1.54, 1.807) is 19.9 Å². The molecule has 1 aliphatic heterocycles. The van der Waals surface area contributed by atoms with Gasteiger partial charge in [0.1, 0.15) is 23.2 Å². The Morgan fingerprint density at radius 1 is 1.70 bits per heavy atom. The summed E-state index contributed by atoms with van der Waals surface area (Å²) in [6.45, 7) is 3.90. The average molecular weight is 300 g/mol. The van der Waals surface area contributed by atoms with E-state index in [9.17, 15) is 4.79 Å². The number of esters is 1. The van der Waals surface area contributed by atoms with Crippen LogP contribution < -0.4 is 0 Å². The lowest BCUT2D eigenvalue weighted by atomic mass is 10.1. The van der Waals surface area contributed by atoms with Crippen LogP contribution in [0.25, 0.3) is 10.4 Å². The first-order chi connectivity index (χ1) is 9.58. The summed E-state index contributed by atoms with van der Waals surface area (Å²) in [6, 6.07) is 1.11. The van der Waals surface area contributed by atoms with E-state index >= 15 is 0 Å². The van der Waals surface area contributed by atoms with Crippen molar-refractivity contribution in [1.29, 1.82) is 0 Å². The van der Waals surface area contributed by atoms with Crippen molar-refractivity contribution in [1.82, 2.24) is 0 Å². The lowest BCUT2D eigenvalue weighted by Gasteiger charge is -2.11. The van der Waals surface area contributed by atoms with Crippen LogP contribution in [0.4, 0.5) is 0 Å². The number of carbonyl (C=O) groups is 1. The molecule has 0 spiro atoms. The third-order valence-corrected chi connectivity index (χ3v) is 3.54. The SMILES string of the molecule is CCOC(=O)c1cc([C@H]2OCC(N=[N+]=[N-])[C@@H]2Cl)oc1C. The molecule has 1 aromatic rings. The monoisotopic (exact) mass is 299 g/mol. The summed E-state index contributed by atoms with van der Waals surface area (Å²) in [5.74, 6) is 0.426. The maximum absolute atomic E-state index is 11.7. The molecule has 1 unspecified atom stereocenters. The van der Waals surface area contributed by atoms with Crippen LogP contribution >= 0.6 is 11.6 Å². The van der Waals surface area contributed by atoms with Gasteiger partial charge in [0.25, 0.3) is 0 Å². The number of furan rings is 1. The van der Waals surface area contributed by atoms with Gasteiger partial charge in [-0.15, -0.1) is 11.6 Å². The summed E-state index contributed by atoms with van der Waals surface area (Å²) in [4.78, 5) is 14.4. The topological polar surface area (TPSA) is 97.4 Å². The molecule has 1 aliphatic rings. The molecule has 0 aliphatic carbocycles. The molecule has 7 nitrogen and oxygen atoms in total. The van der Waals surface area contributed by atoms with Crippen molar-refractivity contribution in [3.8, 4) is 0 Å². The zero-order valence-corrected chi connectivity index (χ0v) is 11.8. The van der Waals surface area contributed by atoms with Crippen molar-refractivity contribution in [2.75, 3.05) is 13.2 Å². The lowest BCUT2D eigenvalue weighted by Crippen LogP contribution is -2.17. The molecule has 0 saturated carbocycles. The number of hydrogen-bond donors (Lipinski definition) is 0. The molecule has 2 rings (SSSR count). The first kappa shape index (κ1) is 14.7. The zero-order chi connectivity index (χ0) is 14.7. The molecule has 0 N–H and O–H groups in total. The average Bonchev–Trinajstić information content (AvgIpc) is 2.95. The Labute approximate surface area is 120 Å². The Balaban J connectivity index is 2.20. The molecule has 2 heterocycles. The molecular weight excluding hydrogens is 286 g/mol. The highest BCUT2D eigenvalue weighted by molar-refractivity contribution is 6.21. The molecule has 8 heteroatoms. The summed E-state index contributed by atoms with van der Waals surface area (Å²) in [7, 11) is 0. The number of halogens is 1. The fraction of sp³-hybridized carbons (Fsp3) is 0.583. The van der Waals surface area contributed by atoms with Gasteiger partial charge in [-0.25, -0.2) is 4.79 Å². The molecule has 108 valence electrons. The van der Waals surface area contributed by atoms with Gasteiger partial charge in [-0.1, -0.05) is 5.11 Å². The molecule has 0 aromatic carbocycles. The van der Waals surface area contributed by atoms with Crippen LogP contribution in [0.15, 0.2) is 15.6 Å². The van der Waals surface area contributed by atoms with Crippen molar-refractivity contribution in [2.24, 2.45) is 5.11 Å². The molecule has 0 amide bonds. The Bertz CT molecular complexity index is 553. The lowest BCUT2D eigenvalue weighted by molar-refractivity contribution is 0.0524. The zero-order valence-electron chi connectivity index (χ0n) is 11.1. The number of alkyl halides is 1. The van der Waals surface area contributed by atoms with Crippen molar-refractivity contribution in [3.05, 3.63) is 33.6 Å². The van der Waals surface area contributed by atoms with Crippen molar-refractivity contribution in [2.45, 2.75) is 31.4 Å². The van der Waals surface area contributed by atoms with Crippen LogP contribution in [0, 0.1) is 6.92 Å². The maximum atomic E-state index is 11.7. The van der Waals surface area contributed by atoms with Crippen LogP contribution in [0.5, 0.6) is 0 Å². The smallest absolute Gasteiger partial charge is 0.341 e. The van der Waals surface area contributed by atoms with Crippen LogP contribution in [0.3, 0.4) is 0 Å². The quantitative estimate of drug-likeness (QED) is 0.280. The number of ether oxygens (including phenoxy) is 2. The minimum absolute atomic E-state index is 0.220.